The molecule has 0 amide bonds. The van der Waals surface area contributed by atoms with Gasteiger partial charge in [0.25, 0.3) is 5.56 Å². The Morgan fingerprint density at radius 3 is 2.22 bits per heavy atom. The number of fused-ring (bicyclic) bond motifs is 1. The average molecular weight is 682 g/mol. The fourth-order valence-electron chi connectivity index (χ4n) is 5.03. The van der Waals surface area contributed by atoms with Crippen LogP contribution in [0.4, 0.5) is 13.2 Å². The van der Waals surface area contributed by atoms with Gasteiger partial charge in [0.2, 0.25) is 0 Å². The summed E-state index contributed by atoms with van der Waals surface area (Å²) in [4.78, 5) is 54.6. The first-order valence-corrected chi connectivity index (χ1v) is 15.6. The van der Waals surface area contributed by atoms with Gasteiger partial charge in [-0.25, -0.2) is 4.68 Å². The Hall–Kier alpha value is -5.07. The molecule has 0 aliphatic carbocycles. The highest BCUT2D eigenvalue weighted by molar-refractivity contribution is 6.07. The molecule has 1 unspecified atom stereocenters. The first-order chi connectivity index (χ1) is 22.9. The third-order valence-corrected chi connectivity index (χ3v) is 7.55. The zero-order valence-electron chi connectivity index (χ0n) is 28.1. The number of aromatic nitrogens is 3. The molecule has 1 atom stereocenters. The lowest BCUT2D eigenvalue weighted by molar-refractivity contribution is -0.182. The van der Waals surface area contributed by atoms with Crippen molar-refractivity contribution in [1.82, 2.24) is 15.0 Å². The van der Waals surface area contributed by atoms with Gasteiger partial charge in [0.15, 0.2) is 11.2 Å². The van der Waals surface area contributed by atoms with Gasteiger partial charge in [0.1, 0.15) is 23.5 Å². The Morgan fingerprint density at radius 1 is 0.918 bits per heavy atom. The largest absolute Gasteiger partial charge is 0.489 e. The van der Waals surface area contributed by atoms with Crippen molar-refractivity contribution in [2.75, 3.05) is 0 Å². The van der Waals surface area contributed by atoms with Crippen molar-refractivity contribution in [2.24, 2.45) is 5.41 Å². The van der Waals surface area contributed by atoms with Gasteiger partial charge in [-0.05, 0) is 102 Å². The fourth-order valence-corrected chi connectivity index (χ4v) is 5.03. The molecule has 0 spiro atoms. The predicted molar refractivity (Wildman–Crippen MR) is 174 cm³/mol. The number of Topliss-reactive ketones (excluding diaryl/α,β-unsaturated/α-hetero) is 1. The second-order valence-electron chi connectivity index (χ2n) is 13.0. The maximum Gasteiger partial charge on any atom is 0.416 e. The van der Waals surface area contributed by atoms with Crippen molar-refractivity contribution in [1.29, 1.82) is 0 Å². The molecule has 3 aromatic carbocycles. The smallest absolute Gasteiger partial charge is 0.416 e. The number of carbonyl (C=O) groups excluding carboxylic acids is 3. The molecular weight excluding hydrogens is 643 g/mol. The van der Waals surface area contributed by atoms with E-state index in [9.17, 15) is 32.3 Å². The van der Waals surface area contributed by atoms with E-state index in [2.05, 4.69) is 10.3 Å². The first kappa shape index (κ1) is 36.8. The van der Waals surface area contributed by atoms with Crippen LogP contribution in [0.1, 0.15) is 74.5 Å². The second-order valence-corrected chi connectivity index (χ2v) is 13.0. The van der Waals surface area contributed by atoms with E-state index >= 15 is 0 Å². The van der Waals surface area contributed by atoms with Gasteiger partial charge in [-0.15, -0.1) is 5.10 Å². The Morgan fingerprint density at radius 2 is 1.59 bits per heavy atom. The minimum atomic E-state index is -4.50. The van der Waals surface area contributed by atoms with Gasteiger partial charge in [0.05, 0.1) is 17.1 Å². The van der Waals surface area contributed by atoms with E-state index in [0.717, 1.165) is 10.7 Å². The van der Waals surface area contributed by atoms with Gasteiger partial charge in [-0.2, -0.15) is 13.2 Å². The van der Waals surface area contributed by atoms with Gasteiger partial charge in [-0.1, -0.05) is 29.5 Å². The normalized spacial score (nSPS) is 13.2. The van der Waals surface area contributed by atoms with Gasteiger partial charge in [0, 0.05) is 18.5 Å². The molecule has 0 N–H and O–H groups in total. The molecule has 4 rings (SSSR count). The maximum atomic E-state index is 13.9. The molecule has 0 aliphatic heterocycles. The zero-order chi connectivity index (χ0) is 36.1. The van der Waals surface area contributed by atoms with Crippen LogP contribution in [0, 0.1) is 12.3 Å². The van der Waals surface area contributed by atoms with E-state index in [0.29, 0.717) is 11.1 Å². The number of rotatable bonds is 12. The van der Waals surface area contributed by atoms with Gasteiger partial charge in [-0.3, -0.25) is 19.2 Å². The summed E-state index contributed by atoms with van der Waals surface area (Å²) < 4.78 is 57.8. The summed E-state index contributed by atoms with van der Waals surface area (Å²) in [6.07, 6.45) is -6.18. The lowest BCUT2D eigenvalue weighted by Gasteiger charge is -2.33. The lowest BCUT2D eigenvalue weighted by atomic mass is 9.78. The molecule has 10 nitrogen and oxygen atoms in total. The molecule has 0 fully saturated rings. The molecule has 0 aliphatic rings. The summed E-state index contributed by atoms with van der Waals surface area (Å²) in [5.74, 6) is -2.33. The zero-order valence-corrected chi connectivity index (χ0v) is 28.1. The van der Waals surface area contributed by atoms with Crippen molar-refractivity contribution in [2.45, 2.75) is 85.4 Å². The standard InChI is InChI=1S/C36H38F3N3O7/c1-22(2)48-32(45)35(33(46)49-34(4,5)6,17-18-42-31(44)27-9-7-8-10-29(27)40-41-42)20-30(43)25-13-15-26(16-14-25)47-21-24-12-11-23(3)28(19-24)36(37,38)39/h7-16,19,22H,17-18,20-21H2,1-6H3. The number of alkyl halides is 3. The number of benzene rings is 3. The van der Waals surface area contributed by atoms with E-state index in [1.807, 2.05) is 0 Å². The summed E-state index contributed by atoms with van der Waals surface area (Å²) in [6, 6.07) is 16.3. The lowest BCUT2D eigenvalue weighted by Crippen LogP contribution is -2.48. The van der Waals surface area contributed by atoms with Gasteiger partial charge < -0.3 is 14.2 Å². The Kier molecular flexibility index (Phi) is 10.9. The molecule has 13 heteroatoms. The van der Waals surface area contributed by atoms with Crippen LogP contribution in [0.5, 0.6) is 5.75 Å². The Balaban J connectivity index is 1.62. The summed E-state index contributed by atoms with van der Waals surface area (Å²) in [5.41, 5.74) is -3.57. The number of ether oxygens (including phenoxy) is 3. The minimum absolute atomic E-state index is 0.0936. The molecule has 260 valence electrons. The van der Waals surface area contributed by atoms with Crippen LogP contribution in [-0.2, 0) is 38.4 Å². The second kappa shape index (κ2) is 14.6. The predicted octanol–water partition coefficient (Wildman–Crippen LogP) is 6.64. The van der Waals surface area contributed by atoms with Crippen molar-refractivity contribution in [3.8, 4) is 5.75 Å². The van der Waals surface area contributed by atoms with E-state index in [-0.39, 0.29) is 41.8 Å². The van der Waals surface area contributed by atoms with Gasteiger partial charge >= 0.3 is 18.1 Å². The SMILES string of the molecule is Cc1ccc(COc2ccc(C(=O)CC(CCn3nnc4ccccc4c3=O)(C(=O)OC(C)C)C(=O)OC(C)(C)C)cc2)cc1C(F)(F)F. The number of carbonyl (C=O) groups is 3. The molecule has 0 saturated heterocycles. The summed E-state index contributed by atoms with van der Waals surface area (Å²) >= 11 is 0. The molecule has 49 heavy (non-hydrogen) atoms. The third kappa shape index (κ3) is 9.09. The molecule has 0 radical (unpaired) electrons. The van der Waals surface area contributed by atoms with Crippen LogP contribution in [0.2, 0.25) is 0 Å². The highest BCUT2D eigenvalue weighted by Crippen LogP contribution is 2.36. The molecule has 1 aromatic heterocycles. The maximum absolute atomic E-state index is 13.9. The van der Waals surface area contributed by atoms with Crippen LogP contribution in [-0.4, -0.2) is 44.4 Å². The first-order valence-electron chi connectivity index (χ1n) is 15.6. The van der Waals surface area contributed by atoms with E-state index in [1.165, 1.54) is 43.3 Å². The molecular formula is C36H38F3N3O7. The number of halogens is 3. The molecule has 4 aromatic rings. The molecule has 0 saturated carbocycles. The number of ketones is 1. The van der Waals surface area contributed by atoms with E-state index in [4.69, 9.17) is 14.2 Å². The van der Waals surface area contributed by atoms with Crippen LogP contribution in [0.15, 0.2) is 71.5 Å². The number of aryl methyl sites for hydroxylation is 2. The van der Waals surface area contributed by atoms with Crippen LogP contribution >= 0.6 is 0 Å². The van der Waals surface area contributed by atoms with E-state index in [1.54, 1.807) is 58.9 Å². The minimum Gasteiger partial charge on any atom is -0.489 e. The van der Waals surface area contributed by atoms with Crippen molar-refractivity contribution in [3.05, 3.63) is 99.3 Å². The van der Waals surface area contributed by atoms with Crippen LogP contribution in [0.3, 0.4) is 0 Å². The van der Waals surface area contributed by atoms with Crippen LogP contribution < -0.4 is 10.3 Å². The van der Waals surface area contributed by atoms with Crippen molar-refractivity contribution < 1.29 is 41.8 Å². The Bertz CT molecular complexity index is 1900. The summed E-state index contributed by atoms with van der Waals surface area (Å²) in [7, 11) is 0. The highest BCUT2D eigenvalue weighted by atomic mass is 19.4. The van der Waals surface area contributed by atoms with Crippen molar-refractivity contribution >= 4 is 28.6 Å². The monoisotopic (exact) mass is 681 g/mol. The number of esters is 2. The fraction of sp³-hybridized carbons (Fsp3) is 0.389. The average Bonchev–Trinajstić information content (AvgIpc) is 3.02. The Labute approximate surface area is 281 Å². The third-order valence-electron chi connectivity index (χ3n) is 7.55. The highest BCUT2D eigenvalue weighted by Gasteiger charge is 2.52. The quantitative estimate of drug-likeness (QED) is 0.0919. The number of hydrogen-bond donors (Lipinski definition) is 0. The van der Waals surface area contributed by atoms with E-state index < -0.39 is 58.6 Å². The molecule has 0 bridgehead atoms. The van der Waals surface area contributed by atoms with Crippen LogP contribution in [0.25, 0.3) is 10.9 Å². The number of nitrogens with zero attached hydrogens (tertiary/aromatic N) is 3. The number of hydrogen-bond acceptors (Lipinski definition) is 9. The summed E-state index contributed by atoms with van der Waals surface area (Å²) in [5, 5.41) is 8.31. The topological polar surface area (TPSA) is 127 Å². The summed E-state index contributed by atoms with van der Waals surface area (Å²) in [6.45, 7) is 8.99. The molecule has 1 heterocycles. The van der Waals surface area contributed by atoms with Crippen molar-refractivity contribution in [3.63, 3.8) is 0 Å².